The third-order valence-electron chi connectivity index (χ3n) is 3.64. The zero-order valence-corrected chi connectivity index (χ0v) is 15.9. The molecule has 0 aliphatic carbocycles. The van der Waals surface area contributed by atoms with Gasteiger partial charge in [-0.25, -0.2) is 4.98 Å². The molecule has 0 saturated carbocycles. The zero-order chi connectivity index (χ0) is 17.1. The topological polar surface area (TPSA) is 42.0 Å². The number of nitrogens with zero attached hydrogens (tertiary/aromatic N) is 1. The number of benzene rings is 2. The molecule has 122 valence electrons. The Kier molecular flexibility index (Phi) is 5.11. The molecule has 3 nitrogen and oxygen atoms in total. The third-order valence-corrected chi connectivity index (χ3v) is 5.28. The van der Waals surface area contributed by atoms with Crippen LogP contribution in [0.1, 0.15) is 27.7 Å². The van der Waals surface area contributed by atoms with Crippen LogP contribution in [0.3, 0.4) is 0 Å². The lowest BCUT2D eigenvalue weighted by Crippen LogP contribution is -2.11. The number of carbonyl (C=O) groups excluding carboxylic acids is 1. The van der Waals surface area contributed by atoms with Crippen LogP contribution in [0.2, 0.25) is 0 Å². The summed E-state index contributed by atoms with van der Waals surface area (Å²) in [6, 6.07) is 15.6. The van der Waals surface area contributed by atoms with Crippen LogP contribution >= 0.6 is 27.3 Å². The quantitative estimate of drug-likeness (QED) is 0.610. The standard InChI is InChI=1S/C19H17BrN2OS/c1-3-16-17(13-7-9-15(20)10-8-13)21-19(24-16)22-18(23)14-6-4-5-12(2)11-14/h4-11H,3H2,1-2H3,(H,21,22,23). The van der Waals surface area contributed by atoms with Crippen LogP contribution in [0.5, 0.6) is 0 Å². The first-order valence-electron chi connectivity index (χ1n) is 7.70. The van der Waals surface area contributed by atoms with Gasteiger partial charge in [-0.3, -0.25) is 10.1 Å². The normalized spacial score (nSPS) is 10.6. The van der Waals surface area contributed by atoms with Crippen molar-refractivity contribution < 1.29 is 4.79 Å². The maximum atomic E-state index is 12.4. The minimum Gasteiger partial charge on any atom is -0.298 e. The molecule has 2 aromatic carbocycles. The summed E-state index contributed by atoms with van der Waals surface area (Å²) < 4.78 is 1.03. The van der Waals surface area contributed by atoms with Crippen LogP contribution in [0.15, 0.2) is 53.0 Å². The van der Waals surface area contributed by atoms with Gasteiger partial charge >= 0.3 is 0 Å². The molecule has 1 amide bonds. The summed E-state index contributed by atoms with van der Waals surface area (Å²) in [7, 11) is 0. The average Bonchev–Trinajstić information content (AvgIpc) is 2.98. The second kappa shape index (κ2) is 7.28. The predicted molar refractivity (Wildman–Crippen MR) is 104 cm³/mol. The van der Waals surface area contributed by atoms with Gasteiger partial charge in [-0.1, -0.05) is 52.7 Å². The van der Waals surface area contributed by atoms with Gasteiger partial charge in [0.25, 0.3) is 5.91 Å². The fraction of sp³-hybridized carbons (Fsp3) is 0.158. The van der Waals surface area contributed by atoms with Crippen molar-refractivity contribution >= 4 is 38.3 Å². The summed E-state index contributed by atoms with van der Waals surface area (Å²) in [6.07, 6.45) is 0.878. The van der Waals surface area contributed by atoms with Gasteiger partial charge in [-0.05, 0) is 37.6 Å². The first-order valence-corrected chi connectivity index (χ1v) is 9.31. The molecule has 0 unspecified atom stereocenters. The highest BCUT2D eigenvalue weighted by molar-refractivity contribution is 9.10. The maximum absolute atomic E-state index is 12.4. The fourth-order valence-electron chi connectivity index (χ4n) is 2.43. The highest BCUT2D eigenvalue weighted by atomic mass is 79.9. The summed E-state index contributed by atoms with van der Waals surface area (Å²) in [4.78, 5) is 18.2. The summed E-state index contributed by atoms with van der Waals surface area (Å²) in [5, 5.41) is 3.56. The molecule has 24 heavy (non-hydrogen) atoms. The fourth-order valence-corrected chi connectivity index (χ4v) is 3.62. The first-order chi connectivity index (χ1) is 11.6. The lowest BCUT2D eigenvalue weighted by molar-refractivity contribution is 0.102. The SMILES string of the molecule is CCc1sc(NC(=O)c2cccc(C)c2)nc1-c1ccc(Br)cc1. The van der Waals surface area contributed by atoms with Crippen molar-refractivity contribution in [2.75, 3.05) is 5.32 Å². The molecule has 1 aromatic heterocycles. The Bertz CT molecular complexity index is 871. The molecule has 1 heterocycles. The average molecular weight is 401 g/mol. The number of thiazole rings is 1. The van der Waals surface area contributed by atoms with Crippen molar-refractivity contribution in [1.82, 2.24) is 4.98 Å². The highest BCUT2D eigenvalue weighted by Crippen LogP contribution is 2.32. The Morgan fingerprint density at radius 1 is 1.21 bits per heavy atom. The molecule has 0 atom stereocenters. The van der Waals surface area contributed by atoms with E-state index in [0.717, 1.165) is 32.6 Å². The van der Waals surface area contributed by atoms with Crippen LogP contribution in [-0.2, 0) is 6.42 Å². The van der Waals surface area contributed by atoms with E-state index < -0.39 is 0 Å². The number of aryl methyl sites for hydroxylation is 2. The van der Waals surface area contributed by atoms with Crippen molar-refractivity contribution in [1.29, 1.82) is 0 Å². The molecular formula is C19H17BrN2OS. The van der Waals surface area contributed by atoms with E-state index in [9.17, 15) is 4.79 Å². The molecule has 1 N–H and O–H groups in total. The minimum atomic E-state index is -0.127. The summed E-state index contributed by atoms with van der Waals surface area (Å²) >= 11 is 4.98. The van der Waals surface area contributed by atoms with Crippen molar-refractivity contribution in [3.05, 3.63) is 69.0 Å². The van der Waals surface area contributed by atoms with E-state index in [1.807, 2.05) is 55.5 Å². The third kappa shape index (κ3) is 3.74. The number of carbonyl (C=O) groups is 1. The lowest BCUT2D eigenvalue weighted by Gasteiger charge is -2.02. The summed E-state index contributed by atoms with van der Waals surface area (Å²) in [5.74, 6) is -0.127. The molecule has 0 radical (unpaired) electrons. The highest BCUT2D eigenvalue weighted by Gasteiger charge is 2.14. The van der Waals surface area contributed by atoms with Gasteiger partial charge in [0, 0.05) is 20.5 Å². The maximum Gasteiger partial charge on any atom is 0.257 e. The zero-order valence-electron chi connectivity index (χ0n) is 13.5. The Hall–Kier alpha value is -1.98. The Morgan fingerprint density at radius 2 is 1.96 bits per heavy atom. The molecule has 0 fully saturated rings. The van der Waals surface area contributed by atoms with Crippen LogP contribution < -0.4 is 5.32 Å². The molecule has 3 aromatic rings. The number of hydrogen-bond acceptors (Lipinski definition) is 3. The van der Waals surface area contributed by atoms with Crippen LogP contribution in [0, 0.1) is 6.92 Å². The second-order valence-corrected chi connectivity index (χ2v) is 7.47. The van der Waals surface area contributed by atoms with Crippen molar-refractivity contribution in [3.63, 3.8) is 0 Å². The minimum absolute atomic E-state index is 0.127. The monoisotopic (exact) mass is 400 g/mol. The second-order valence-electron chi connectivity index (χ2n) is 5.47. The van der Waals surface area contributed by atoms with E-state index in [1.54, 1.807) is 0 Å². The number of amides is 1. The first kappa shape index (κ1) is 16.9. The van der Waals surface area contributed by atoms with E-state index >= 15 is 0 Å². The Balaban J connectivity index is 1.87. The van der Waals surface area contributed by atoms with E-state index in [2.05, 4.69) is 33.2 Å². The van der Waals surface area contributed by atoms with E-state index in [4.69, 9.17) is 0 Å². The Morgan fingerprint density at radius 3 is 2.62 bits per heavy atom. The number of halogens is 1. The lowest BCUT2D eigenvalue weighted by atomic mass is 10.1. The summed E-state index contributed by atoms with van der Waals surface area (Å²) in [5.41, 5.74) is 3.71. The molecule has 0 spiro atoms. The molecule has 0 aliphatic heterocycles. The molecule has 0 aliphatic rings. The predicted octanol–water partition coefficient (Wildman–Crippen LogP) is 5.70. The van der Waals surface area contributed by atoms with E-state index in [1.165, 1.54) is 11.3 Å². The number of nitrogens with one attached hydrogen (secondary N) is 1. The smallest absolute Gasteiger partial charge is 0.257 e. The van der Waals surface area contributed by atoms with Crippen molar-refractivity contribution in [3.8, 4) is 11.3 Å². The molecule has 5 heteroatoms. The van der Waals surface area contributed by atoms with Gasteiger partial charge in [0.15, 0.2) is 5.13 Å². The van der Waals surface area contributed by atoms with Gasteiger partial charge in [-0.15, -0.1) is 11.3 Å². The van der Waals surface area contributed by atoms with Crippen LogP contribution in [0.4, 0.5) is 5.13 Å². The number of anilines is 1. The molecule has 0 saturated heterocycles. The van der Waals surface area contributed by atoms with E-state index in [0.29, 0.717) is 10.7 Å². The summed E-state index contributed by atoms with van der Waals surface area (Å²) in [6.45, 7) is 4.07. The van der Waals surface area contributed by atoms with E-state index in [-0.39, 0.29) is 5.91 Å². The van der Waals surface area contributed by atoms with Gasteiger partial charge in [0.2, 0.25) is 0 Å². The van der Waals surface area contributed by atoms with Crippen molar-refractivity contribution in [2.45, 2.75) is 20.3 Å². The molecule has 3 rings (SSSR count). The van der Waals surface area contributed by atoms with Crippen LogP contribution in [0.25, 0.3) is 11.3 Å². The van der Waals surface area contributed by atoms with Gasteiger partial charge < -0.3 is 0 Å². The molecule has 0 bridgehead atoms. The van der Waals surface area contributed by atoms with Gasteiger partial charge in [0.05, 0.1) is 5.69 Å². The number of rotatable bonds is 4. The van der Waals surface area contributed by atoms with Crippen LogP contribution in [-0.4, -0.2) is 10.9 Å². The van der Waals surface area contributed by atoms with Gasteiger partial charge in [0.1, 0.15) is 0 Å². The molecular weight excluding hydrogens is 384 g/mol. The number of aromatic nitrogens is 1. The largest absolute Gasteiger partial charge is 0.298 e. The van der Waals surface area contributed by atoms with Crippen molar-refractivity contribution in [2.24, 2.45) is 0 Å². The van der Waals surface area contributed by atoms with Gasteiger partial charge in [-0.2, -0.15) is 0 Å². The number of hydrogen-bond donors (Lipinski definition) is 1. The Labute approximate surface area is 153 Å².